The normalized spacial score (nSPS) is 10.8. The molecule has 2 aromatic heterocycles. The van der Waals surface area contributed by atoms with Gasteiger partial charge in [0.2, 0.25) is 11.8 Å². The first-order valence-corrected chi connectivity index (χ1v) is 8.52. The van der Waals surface area contributed by atoms with Crippen molar-refractivity contribution in [3.05, 3.63) is 53.9 Å². The van der Waals surface area contributed by atoms with Crippen LogP contribution in [0.3, 0.4) is 0 Å². The second-order valence-corrected chi connectivity index (χ2v) is 6.18. The molecule has 146 valence electrons. The number of nitrogens with one attached hydrogen (secondary N) is 1. The van der Waals surface area contributed by atoms with Crippen molar-refractivity contribution in [1.82, 2.24) is 30.3 Å². The van der Waals surface area contributed by atoms with E-state index in [2.05, 4.69) is 25.6 Å². The van der Waals surface area contributed by atoms with Gasteiger partial charge in [0.1, 0.15) is 18.1 Å². The largest absolute Gasteiger partial charge is 0.470 e. The van der Waals surface area contributed by atoms with Gasteiger partial charge in [0, 0.05) is 6.04 Å². The fourth-order valence-electron chi connectivity index (χ4n) is 2.27. The quantitative estimate of drug-likeness (QED) is 0.694. The molecule has 0 aliphatic carbocycles. The molecule has 28 heavy (non-hydrogen) atoms. The Morgan fingerprint density at radius 3 is 2.50 bits per heavy atom. The molecule has 2 heterocycles. The highest BCUT2D eigenvalue weighted by molar-refractivity contribution is 5.69. The number of amides is 1. The molecule has 1 aromatic carbocycles. The molecule has 0 spiro atoms. The first-order valence-electron chi connectivity index (χ1n) is 8.52. The molecule has 9 nitrogen and oxygen atoms in total. The number of nitrogens with zero attached hydrogens (tertiary/aromatic N) is 5. The van der Waals surface area contributed by atoms with Gasteiger partial charge in [-0.05, 0) is 45.0 Å². The van der Waals surface area contributed by atoms with E-state index in [1.54, 1.807) is 23.7 Å². The predicted molar refractivity (Wildman–Crippen MR) is 96.7 cm³/mol. The Balaban J connectivity index is 1.65. The number of carbonyl (C=O) groups is 1. The van der Waals surface area contributed by atoms with Crippen LogP contribution in [-0.4, -0.2) is 37.1 Å². The Morgan fingerprint density at radius 2 is 1.86 bits per heavy atom. The van der Waals surface area contributed by atoms with Crippen LogP contribution in [0.25, 0.3) is 5.69 Å². The van der Waals surface area contributed by atoms with Gasteiger partial charge in [0.15, 0.2) is 0 Å². The van der Waals surface area contributed by atoms with E-state index >= 15 is 0 Å². The van der Waals surface area contributed by atoms with E-state index in [0.717, 1.165) is 0 Å². The van der Waals surface area contributed by atoms with Crippen LogP contribution < -0.4 is 14.8 Å². The molecule has 0 radical (unpaired) electrons. The van der Waals surface area contributed by atoms with Crippen molar-refractivity contribution < 1.29 is 18.7 Å². The van der Waals surface area contributed by atoms with Gasteiger partial charge in [-0.1, -0.05) is 5.21 Å². The van der Waals surface area contributed by atoms with E-state index in [0.29, 0.717) is 17.1 Å². The zero-order chi connectivity index (χ0) is 20.1. The van der Waals surface area contributed by atoms with E-state index in [4.69, 9.17) is 9.47 Å². The lowest BCUT2D eigenvalue weighted by molar-refractivity contribution is 0.195. The van der Waals surface area contributed by atoms with Crippen LogP contribution in [-0.2, 0) is 6.61 Å². The summed E-state index contributed by atoms with van der Waals surface area (Å²) in [6, 6.07) is 5.83. The molecule has 0 saturated carbocycles. The number of carbonyl (C=O) groups excluding carboxylic acids is 1. The number of aromatic nitrogens is 5. The highest BCUT2D eigenvalue weighted by atomic mass is 19.1. The maximum Gasteiger partial charge on any atom is 0.414 e. The molecule has 0 bridgehead atoms. The minimum atomic E-state index is -0.608. The molecular formula is C18H19FN6O3. The highest BCUT2D eigenvalue weighted by Gasteiger charge is 2.13. The maximum atomic E-state index is 13.1. The minimum absolute atomic E-state index is 0.0501. The van der Waals surface area contributed by atoms with Gasteiger partial charge in [0.25, 0.3) is 0 Å². The Kier molecular flexibility index (Phi) is 5.78. The third kappa shape index (κ3) is 4.78. The lowest BCUT2D eigenvalue weighted by Gasteiger charge is -2.10. The fraction of sp³-hybridized carbons (Fsp3) is 0.278. The number of halogens is 1. The van der Waals surface area contributed by atoms with Gasteiger partial charge in [0.05, 0.1) is 23.8 Å². The lowest BCUT2D eigenvalue weighted by Crippen LogP contribution is -2.32. The SMILES string of the molecule is Cc1nnn(-c2ccc(F)cc2)c1COc1cnc(OC(=O)NC(C)C)cn1. The number of benzene rings is 1. The molecular weight excluding hydrogens is 367 g/mol. The van der Waals surface area contributed by atoms with Crippen LogP contribution >= 0.6 is 0 Å². The lowest BCUT2D eigenvalue weighted by atomic mass is 10.3. The summed E-state index contributed by atoms with van der Waals surface area (Å²) in [6.45, 7) is 5.55. The van der Waals surface area contributed by atoms with Crippen molar-refractivity contribution >= 4 is 6.09 Å². The van der Waals surface area contributed by atoms with Crippen LogP contribution in [0.5, 0.6) is 11.8 Å². The zero-order valence-electron chi connectivity index (χ0n) is 15.6. The monoisotopic (exact) mass is 386 g/mol. The predicted octanol–water partition coefficient (Wildman–Crippen LogP) is 2.58. The molecule has 0 atom stereocenters. The molecule has 3 rings (SSSR count). The number of hydrogen-bond acceptors (Lipinski definition) is 7. The summed E-state index contributed by atoms with van der Waals surface area (Å²) in [5, 5.41) is 10.7. The highest BCUT2D eigenvalue weighted by Crippen LogP contribution is 2.16. The van der Waals surface area contributed by atoms with Crippen LogP contribution in [0.2, 0.25) is 0 Å². The van der Waals surface area contributed by atoms with E-state index < -0.39 is 6.09 Å². The summed E-state index contributed by atoms with van der Waals surface area (Å²) in [6.07, 6.45) is 2.03. The van der Waals surface area contributed by atoms with Crippen molar-refractivity contribution in [3.63, 3.8) is 0 Å². The summed E-state index contributed by atoms with van der Waals surface area (Å²) in [5.74, 6) is -0.0411. The molecule has 0 saturated heterocycles. The molecule has 1 N–H and O–H groups in total. The van der Waals surface area contributed by atoms with Crippen molar-refractivity contribution in [2.45, 2.75) is 33.4 Å². The van der Waals surface area contributed by atoms with Crippen LogP contribution in [0.4, 0.5) is 9.18 Å². The fourth-order valence-corrected chi connectivity index (χ4v) is 2.27. The van der Waals surface area contributed by atoms with Crippen molar-refractivity contribution in [2.24, 2.45) is 0 Å². The number of aryl methyl sites for hydroxylation is 1. The van der Waals surface area contributed by atoms with Gasteiger partial charge in [-0.15, -0.1) is 5.10 Å². The Bertz CT molecular complexity index is 941. The van der Waals surface area contributed by atoms with E-state index in [9.17, 15) is 9.18 Å². The average molecular weight is 386 g/mol. The molecule has 0 unspecified atom stereocenters. The summed E-state index contributed by atoms with van der Waals surface area (Å²) in [5.41, 5.74) is 2.01. The Hall–Kier alpha value is -3.56. The van der Waals surface area contributed by atoms with E-state index in [-0.39, 0.29) is 30.2 Å². The van der Waals surface area contributed by atoms with Crippen molar-refractivity contribution in [2.75, 3.05) is 0 Å². The average Bonchev–Trinajstić information content (AvgIpc) is 3.02. The van der Waals surface area contributed by atoms with Crippen LogP contribution in [0, 0.1) is 12.7 Å². The first kappa shape index (κ1) is 19.2. The van der Waals surface area contributed by atoms with Gasteiger partial charge < -0.3 is 14.8 Å². The summed E-state index contributed by atoms with van der Waals surface area (Å²) in [7, 11) is 0. The van der Waals surface area contributed by atoms with Gasteiger partial charge >= 0.3 is 6.09 Å². The van der Waals surface area contributed by atoms with E-state index in [1.807, 2.05) is 13.8 Å². The smallest absolute Gasteiger partial charge is 0.414 e. The minimum Gasteiger partial charge on any atom is -0.470 e. The van der Waals surface area contributed by atoms with E-state index in [1.165, 1.54) is 24.5 Å². The topological polar surface area (TPSA) is 104 Å². The Morgan fingerprint density at radius 1 is 1.18 bits per heavy atom. The van der Waals surface area contributed by atoms with Crippen molar-refractivity contribution in [3.8, 4) is 17.4 Å². The second-order valence-electron chi connectivity index (χ2n) is 6.18. The van der Waals surface area contributed by atoms with Crippen molar-refractivity contribution in [1.29, 1.82) is 0 Å². The molecule has 0 aliphatic heterocycles. The van der Waals surface area contributed by atoms with Gasteiger partial charge in [-0.3, -0.25) is 0 Å². The zero-order valence-corrected chi connectivity index (χ0v) is 15.6. The third-order valence-corrected chi connectivity index (χ3v) is 3.59. The van der Waals surface area contributed by atoms with Crippen LogP contribution in [0.1, 0.15) is 25.2 Å². The standard InChI is InChI=1S/C18H19FN6O3/c1-11(2)22-18(26)28-17-9-20-16(8-21-17)27-10-15-12(3)23-24-25(15)14-6-4-13(19)5-7-14/h4-9,11H,10H2,1-3H3,(H,22,26). The molecule has 0 fully saturated rings. The maximum absolute atomic E-state index is 13.1. The Labute approximate surface area is 160 Å². The summed E-state index contributed by atoms with van der Waals surface area (Å²) < 4.78 is 25.3. The third-order valence-electron chi connectivity index (χ3n) is 3.59. The van der Waals surface area contributed by atoms with Gasteiger partial charge in [-0.2, -0.15) is 0 Å². The molecule has 1 amide bonds. The molecule has 0 aliphatic rings. The number of rotatable bonds is 6. The summed E-state index contributed by atoms with van der Waals surface area (Å²) >= 11 is 0. The first-order chi connectivity index (χ1) is 13.4. The second kappa shape index (κ2) is 8.42. The van der Waals surface area contributed by atoms with Gasteiger partial charge in [-0.25, -0.2) is 23.8 Å². The summed E-state index contributed by atoms with van der Waals surface area (Å²) in [4.78, 5) is 19.6. The number of hydrogen-bond donors (Lipinski definition) is 1. The molecule has 3 aromatic rings. The molecule has 10 heteroatoms. The van der Waals surface area contributed by atoms with Crippen LogP contribution in [0.15, 0.2) is 36.7 Å². The number of ether oxygens (including phenoxy) is 2.